The van der Waals surface area contributed by atoms with Crippen molar-refractivity contribution in [3.63, 3.8) is 0 Å². The van der Waals surface area contributed by atoms with Crippen LogP contribution >= 0.6 is 11.6 Å². The van der Waals surface area contributed by atoms with Gasteiger partial charge in [0.05, 0.1) is 0 Å². The largest absolute Gasteiger partial charge is 0.477 e. The van der Waals surface area contributed by atoms with Crippen LogP contribution < -0.4 is 11.1 Å². The molecule has 0 saturated carbocycles. The summed E-state index contributed by atoms with van der Waals surface area (Å²) in [5.74, 6) is -0.703. The van der Waals surface area contributed by atoms with Crippen molar-refractivity contribution >= 4 is 29.5 Å². The molecule has 0 aliphatic carbocycles. The maximum Gasteiger partial charge on any atom is 0.352 e. The van der Waals surface area contributed by atoms with Gasteiger partial charge < -0.3 is 16.2 Å². The molecule has 0 bridgehead atoms. The predicted molar refractivity (Wildman–Crippen MR) is 73.4 cm³/mol. The van der Waals surface area contributed by atoms with Gasteiger partial charge in [0.1, 0.15) is 11.7 Å². The third-order valence-corrected chi connectivity index (χ3v) is 3.18. The van der Waals surface area contributed by atoms with Gasteiger partial charge in [0.2, 0.25) is 11.9 Å². The Morgan fingerprint density at radius 2 is 2.10 bits per heavy atom. The monoisotopic (exact) mass is 291 g/mol. The van der Waals surface area contributed by atoms with Gasteiger partial charge >= 0.3 is 5.97 Å². The van der Waals surface area contributed by atoms with E-state index in [0.717, 1.165) is 5.56 Å². The lowest BCUT2D eigenvalue weighted by Crippen LogP contribution is -2.24. The van der Waals surface area contributed by atoms with E-state index < -0.39 is 12.0 Å². The molecule has 0 spiro atoms. The Hall–Kier alpha value is -2.54. The second kappa shape index (κ2) is 4.53. The van der Waals surface area contributed by atoms with Crippen LogP contribution in [0.2, 0.25) is 5.02 Å². The molecule has 3 rings (SSSR count). The highest BCUT2D eigenvalue weighted by Crippen LogP contribution is 2.29. The molecule has 0 amide bonds. The number of benzene rings is 1. The van der Waals surface area contributed by atoms with Crippen molar-refractivity contribution in [3.8, 4) is 0 Å². The summed E-state index contributed by atoms with van der Waals surface area (Å²) in [7, 11) is 0. The molecule has 2 heterocycles. The number of carbonyl (C=O) groups is 1. The minimum atomic E-state index is -1.07. The first-order valence-electron chi connectivity index (χ1n) is 5.74. The number of hydrogen-bond donors (Lipinski definition) is 3. The molecule has 1 aliphatic heterocycles. The number of nitrogens with one attached hydrogen (secondary N) is 1. The molecule has 0 radical (unpaired) electrons. The fraction of sp³-hybridized carbons (Fsp3) is 0.0833. The topological polar surface area (TPSA) is 106 Å². The van der Waals surface area contributed by atoms with Crippen molar-refractivity contribution in [1.29, 1.82) is 0 Å². The number of nitrogens with zero attached hydrogens (tertiary/aromatic N) is 3. The molecule has 7 nitrogen and oxygen atoms in total. The minimum absolute atomic E-state index is 0.0323. The van der Waals surface area contributed by atoms with Crippen LogP contribution in [0.4, 0.5) is 11.9 Å². The van der Waals surface area contributed by atoms with Gasteiger partial charge in [0.15, 0.2) is 0 Å². The lowest BCUT2D eigenvalue weighted by atomic mass is 10.0. The third-order valence-electron chi connectivity index (χ3n) is 2.92. The van der Waals surface area contributed by atoms with E-state index in [4.69, 9.17) is 22.4 Å². The first kappa shape index (κ1) is 12.5. The highest BCUT2D eigenvalue weighted by molar-refractivity contribution is 6.30. The number of anilines is 2. The molecule has 20 heavy (non-hydrogen) atoms. The predicted octanol–water partition coefficient (Wildman–Crippen LogP) is 1.50. The van der Waals surface area contributed by atoms with Crippen LogP contribution in [0.1, 0.15) is 11.6 Å². The minimum Gasteiger partial charge on any atom is -0.477 e. The summed E-state index contributed by atoms with van der Waals surface area (Å²) in [6.07, 6.45) is 1.55. The summed E-state index contributed by atoms with van der Waals surface area (Å²) in [6.45, 7) is 0. The van der Waals surface area contributed by atoms with Crippen LogP contribution in [0.3, 0.4) is 0 Å². The highest BCUT2D eigenvalue weighted by atomic mass is 35.5. The van der Waals surface area contributed by atoms with Crippen molar-refractivity contribution in [2.45, 2.75) is 6.04 Å². The van der Waals surface area contributed by atoms with Gasteiger partial charge in [-0.05, 0) is 23.8 Å². The molecular weight excluding hydrogens is 282 g/mol. The first-order valence-corrected chi connectivity index (χ1v) is 6.12. The lowest BCUT2D eigenvalue weighted by molar-refractivity contribution is -0.132. The fourth-order valence-electron chi connectivity index (χ4n) is 2.03. The van der Waals surface area contributed by atoms with E-state index in [1.165, 1.54) is 4.68 Å². The number of hydrogen-bond acceptors (Lipinski definition) is 5. The van der Waals surface area contributed by atoms with Crippen LogP contribution in [-0.4, -0.2) is 25.8 Å². The average molecular weight is 292 g/mol. The van der Waals surface area contributed by atoms with Crippen molar-refractivity contribution in [2.24, 2.45) is 0 Å². The number of nitrogens with two attached hydrogens (primary N) is 1. The Labute approximate surface area is 118 Å². The Balaban J connectivity index is 2.11. The number of carboxylic acid groups (broad SMARTS) is 1. The van der Waals surface area contributed by atoms with E-state index in [0.29, 0.717) is 11.0 Å². The zero-order valence-electron chi connectivity index (χ0n) is 10.1. The Morgan fingerprint density at radius 3 is 2.75 bits per heavy atom. The number of halogens is 1. The molecule has 1 aromatic carbocycles. The van der Waals surface area contributed by atoms with E-state index in [-0.39, 0.29) is 11.6 Å². The van der Waals surface area contributed by atoms with E-state index in [2.05, 4.69) is 15.4 Å². The zero-order chi connectivity index (χ0) is 14.3. The zero-order valence-corrected chi connectivity index (χ0v) is 10.9. The van der Waals surface area contributed by atoms with Gasteiger partial charge in [-0.1, -0.05) is 23.7 Å². The smallest absolute Gasteiger partial charge is 0.352 e. The van der Waals surface area contributed by atoms with E-state index >= 15 is 0 Å². The van der Waals surface area contributed by atoms with Crippen LogP contribution in [0.5, 0.6) is 0 Å². The molecule has 8 heteroatoms. The number of aliphatic carboxylic acids is 1. The quantitative estimate of drug-likeness (QED) is 0.774. The van der Waals surface area contributed by atoms with Crippen LogP contribution in [0.25, 0.3) is 0 Å². The molecule has 102 valence electrons. The number of rotatable bonds is 2. The number of carboxylic acids is 1. The standard InChI is InChI=1S/C12H10ClN5O2/c13-7-3-1-6(2-4-7)9-5-8(10(19)20)15-12-16-11(14)17-18(9)12/h1-5,9H,(H,19,20)(H3,14,15,16,17)/t9-/m0/s1. The number of allylic oxidation sites excluding steroid dienone is 1. The molecular formula is C12H10ClN5O2. The summed E-state index contributed by atoms with van der Waals surface area (Å²) in [5.41, 5.74) is 6.44. The van der Waals surface area contributed by atoms with Crippen molar-refractivity contribution in [1.82, 2.24) is 14.8 Å². The summed E-state index contributed by atoms with van der Waals surface area (Å²) >= 11 is 5.86. The van der Waals surface area contributed by atoms with Crippen LogP contribution in [-0.2, 0) is 4.79 Å². The maximum absolute atomic E-state index is 11.2. The fourth-order valence-corrected chi connectivity index (χ4v) is 2.16. The summed E-state index contributed by atoms with van der Waals surface area (Å²) < 4.78 is 1.53. The van der Waals surface area contributed by atoms with Gasteiger partial charge in [-0.2, -0.15) is 4.98 Å². The SMILES string of the molecule is Nc1nc2n(n1)[C@H](c1ccc(Cl)cc1)C=C(C(=O)O)N2. The van der Waals surface area contributed by atoms with E-state index in [1.54, 1.807) is 30.3 Å². The van der Waals surface area contributed by atoms with Crippen LogP contribution in [0.15, 0.2) is 36.0 Å². The number of nitrogen functional groups attached to an aromatic ring is 1. The highest BCUT2D eigenvalue weighted by Gasteiger charge is 2.26. The van der Waals surface area contributed by atoms with Crippen molar-refractivity contribution < 1.29 is 9.90 Å². The molecule has 0 saturated heterocycles. The van der Waals surface area contributed by atoms with Gasteiger partial charge in [0.25, 0.3) is 0 Å². The van der Waals surface area contributed by atoms with Gasteiger partial charge in [-0.25, -0.2) is 9.48 Å². The lowest BCUT2D eigenvalue weighted by Gasteiger charge is -2.22. The Bertz CT molecular complexity index is 707. The van der Waals surface area contributed by atoms with Crippen molar-refractivity contribution in [3.05, 3.63) is 46.6 Å². The normalized spacial score (nSPS) is 17.1. The Morgan fingerprint density at radius 1 is 1.40 bits per heavy atom. The number of aromatic nitrogens is 3. The van der Waals surface area contributed by atoms with Gasteiger partial charge in [-0.3, -0.25) is 0 Å². The van der Waals surface area contributed by atoms with Crippen molar-refractivity contribution in [2.75, 3.05) is 11.1 Å². The third kappa shape index (κ3) is 2.08. The first-order chi connectivity index (χ1) is 9.54. The second-order valence-corrected chi connectivity index (χ2v) is 4.68. The number of fused-ring (bicyclic) bond motifs is 1. The maximum atomic E-state index is 11.2. The molecule has 1 aromatic heterocycles. The summed E-state index contributed by atoms with van der Waals surface area (Å²) in [4.78, 5) is 15.1. The molecule has 0 fully saturated rings. The van der Waals surface area contributed by atoms with E-state index in [1.807, 2.05) is 0 Å². The van der Waals surface area contributed by atoms with Crippen LogP contribution in [0, 0.1) is 0 Å². The van der Waals surface area contributed by atoms with Gasteiger partial charge in [0, 0.05) is 5.02 Å². The summed E-state index contributed by atoms with van der Waals surface area (Å²) in [5, 5.41) is 16.5. The molecule has 0 unspecified atom stereocenters. The molecule has 4 N–H and O–H groups in total. The molecule has 1 atom stereocenters. The summed E-state index contributed by atoms with van der Waals surface area (Å²) in [6, 6.07) is 6.66. The Kier molecular flexibility index (Phi) is 2.83. The molecule has 2 aromatic rings. The van der Waals surface area contributed by atoms with Gasteiger partial charge in [-0.15, -0.1) is 5.10 Å². The second-order valence-electron chi connectivity index (χ2n) is 4.25. The average Bonchev–Trinajstić information content (AvgIpc) is 2.78. The van der Waals surface area contributed by atoms with E-state index in [9.17, 15) is 4.79 Å². The molecule has 1 aliphatic rings.